The van der Waals surface area contributed by atoms with Crippen LogP contribution in [0.2, 0.25) is 0 Å². The molecule has 3 heterocycles. The van der Waals surface area contributed by atoms with Crippen LogP contribution in [-0.2, 0) is 0 Å². The van der Waals surface area contributed by atoms with Gasteiger partial charge in [-0.05, 0) is 47.4 Å². The van der Waals surface area contributed by atoms with Gasteiger partial charge < -0.3 is 8.98 Å². The number of aromatic nitrogens is 4. The van der Waals surface area contributed by atoms with Gasteiger partial charge in [0.25, 0.3) is 0 Å². The van der Waals surface area contributed by atoms with E-state index in [1.165, 1.54) is 0 Å². The second-order valence-corrected chi connectivity index (χ2v) is 11.5. The molecule has 0 amide bonds. The van der Waals surface area contributed by atoms with Crippen molar-refractivity contribution in [3.63, 3.8) is 0 Å². The van der Waals surface area contributed by atoms with E-state index in [0.29, 0.717) is 27.7 Å². The molecule has 0 saturated heterocycles. The summed E-state index contributed by atoms with van der Waals surface area (Å²) < 4.78 is 114. The van der Waals surface area contributed by atoms with E-state index in [1.54, 1.807) is 12.1 Å². The molecular weight excluding hydrogens is 613 g/mol. The lowest BCUT2D eigenvalue weighted by Crippen LogP contribution is -2.02. The minimum absolute atomic E-state index is 0.123. The zero-order chi connectivity index (χ0) is 43.5. The minimum Gasteiger partial charge on any atom is -0.456 e. The van der Waals surface area contributed by atoms with E-state index >= 15 is 0 Å². The number of hydrogen-bond acceptors (Lipinski definition) is 4. The first kappa shape index (κ1) is 18.6. The van der Waals surface area contributed by atoms with Crippen LogP contribution >= 0.6 is 0 Å². The van der Waals surface area contributed by atoms with Crippen LogP contribution in [0.1, 0.15) is 16.4 Å². The summed E-state index contributed by atoms with van der Waals surface area (Å²) in [5, 5.41) is 0.974. The largest absolute Gasteiger partial charge is 0.456 e. The average molecular weight is 653 g/mol. The minimum atomic E-state index is -0.725. The molecule has 0 fully saturated rings. The summed E-state index contributed by atoms with van der Waals surface area (Å²) in [5.41, 5.74) is 2.81. The van der Waals surface area contributed by atoms with Crippen molar-refractivity contribution in [3.8, 4) is 51.0 Å². The molecule has 234 valence electrons. The first-order valence-corrected chi connectivity index (χ1v) is 15.7. The van der Waals surface area contributed by atoms with Crippen molar-refractivity contribution in [1.82, 2.24) is 19.5 Å². The third-order valence-electron chi connectivity index (χ3n) is 8.68. The molecule has 0 saturated carbocycles. The maximum Gasteiger partial charge on any atom is 0.166 e. The molecule has 0 spiro atoms. The summed E-state index contributed by atoms with van der Waals surface area (Å²) >= 11 is 0. The maximum atomic E-state index is 9.49. The van der Waals surface area contributed by atoms with Crippen LogP contribution in [0.25, 0.3) is 94.7 Å². The van der Waals surface area contributed by atoms with Crippen LogP contribution in [0.5, 0.6) is 0 Å². The Balaban J connectivity index is 1.38. The molecule has 0 radical (unpaired) electrons. The lowest BCUT2D eigenvalue weighted by Gasteiger charge is -2.13. The van der Waals surface area contributed by atoms with E-state index in [9.17, 15) is 2.74 Å². The summed E-state index contributed by atoms with van der Waals surface area (Å²) in [6, 6.07) is 22.1. The Morgan fingerprint density at radius 1 is 0.460 bits per heavy atom. The Morgan fingerprint density at radius 2 is 1.12 bits per heavy atom. The second-order valence-electron chi connectivity index (χ2n) is 11.5. The van der Waals surface area contributed by atoms with Crippen LogP contribution in [0.15, 0.2) is 174 Å². The number of fused-ring (bicyclic) bond motifs is 6. The quantitative estimate of drug-likeness (QED) is 0.186. The Labute approximate surface area is 304 Å². The zero-order valence-electron chi connectivity index (χ0n) is 37.9. The number of benzene rings is 7. The van der Waals surface area contributed by atoms with Gasteiger partial charge in [-0.1, -0.05) is 133 Å². The predicted octanol–water partition coefficient (Wildman–Crippen LogP) is 11.5. The summed E-state index contributed by atoms with van der Waals surface area (Å²) in [5.74, 6) is 0.0494. The van der Waals surface area contributed by atoms with E-state index in [1.807, 2.05) is 84.9 Å². The van der Waals surface area contributed by atoms with Crippen molar-refractivity contribution in [2.24, 2.45) is 0 Å². The number of furan rings is 1. The fourth-order valence-corrected chi connectivity index (χ4v) is 6.45. The van der Waals surface area contributed by atoms with Crippen molar-refractivity contribution in [3.05, 3.63) is 170 Å². The van der Waals surface area contributed by atoms with Crippen LogP contribution < -0.4 is 0 Å². The maximum absolute atomic E-state index is 9.49. The van der Waals surface area contributed by atoms with Crippen molar-refractivity contribution in [1.29, 1.82) is 0 Å². The monoisotopic (exact) mass is 652 g/mol. The smallest absolute Gasteiger partial charge is 0.166 e. The van der Waals surface area contributed by atoms with Crippen LogP contribution in [-0.4, -0.2) is 19.5 Å². The Morgan fingerprint density at radius 3 is 1.98 bits per heavy atom. The van der Waals surface area contributed by atoms with Crippen molar-refractivity contribution in [2.45, 2.75) is 0 Å². The summed E-state index contributed by atoms with van der Waals surface area (Å²) in [6.07, 6.45) is 0. The van der Waals surface area contributed by atoms with Gasteiger partial charge in [0.15, 0.2) is 17.5 Å². The van der Waals surface area contributed by atoms with E-state index in [4.69, 9.17) is 33.1 Å². The first-order valence-electron chi connectivity index (χ1n) is 21.7. The highest BCUT2D eigenvalue weighted by Crippen LogP contribution is 2.40. The summed E-state index contributed by atoms with van der Waals surface area (Å²) in [6.45, 7) is 0. The Hall–Kier alpha value is -6.85. The Kier molecular flexibility index (Phi) is 4.24. The number of para-hydroxylation sites is 4. The van der Waals surface area contributed by atoms with Gasteiger partial charge in [-0.3, -0.25) is 0 Å². The average Bonchev–Trinajstić information content (AvgIpc) is 3.85. The van der Waals surface area contributed by atoms with Gasteiger partial charge >= 0.3 is 0 Å². The van der Waals surface area contributed by atoms with Crippen LogP contribution in [0.3, 0.4) is 0 Å². The molecule has 10 rings (SSSR count). The zero-order valence-corrected chi connectivity index (χ0v) is 25.9. The third kappa shape index (κ3) is 4.52. The molecule has 0 aliphatic heterocycles. The highest BCUT2D eigenvalue weighted by Gasteiger charge is 2.21. The molecule has 0 atom stereocenters. The molecule has 0 unspecified atom stereocenters. The molecule has 5 nitrogen and oxygen atoms in total. The normalized spacial score (nSPS) is 15.0. The van der Waals surface area contributed by atoms with Crippen molar-refractivity contribution < 1.29 is 20.9 Å². The fraction of sp³-hybridized carbons (Fsp3) is 0. The lowest BCUT2D eigenvalue weighted by molar-refractivity contribution is 0.669. The number of nitrogens with zero attached hydrogens (tertiary/aromatic N) is 4. The van der Waals surface area contributed by atoms with Crippen LogP contribution in [0.4, 0.5) is 0 Å². The molecule has 7 aromatic carbocycles. The molecule has 50 heavy (non-hydrogen) atoms. The standard InChI is InChI=1S/C45H28N4O/c1-3-13-29(14-4-1)30-25-27-31(28-26-30)43-46-44(36-20-12-24-40-41(36)35-18-8-10-23-39(35)50-40)48-45(47-43)37-21-11-19-34-33-17-7-9-22-38(33)49(42(34)37)32-15-5-2-6-16-32/h1-28H/i2D,5D,6D,7D,9D,11D,15D,16D,17D,19D,21D,22D. The molecule has 10 aromatic rings. The first-order chi connectivity index (χ1) is 29.8. The van der Waals surface area contributed by atoms with Gasteiger partial charge in [-0.2, -0.15) is 0 Å². The van der Waals surface area contributed by atoms with Gasteiger partial charge in [-0.25, -0.2) is 15.0 Å². The SMILES string of the molecule is [2H]c1c([2H])c([2H])c(-n2c3c([2H])c([2H])c([2H])c([2H])c3c3c([2H])c([2H])c([2H])c(-c4nc(-c5ccc(-c6ccccc6)cc5)nc(-c5cccc6oc7ccccc7c56)n4)c32)c([2H])c1[2H]. The van der Waals surface area contributed by atoms with Crippen molar-refractivity contribution in [2.75, 3.05) is 0 Å². The van der Waals surface area contributed by atoms with Gasteiger partial charge in [0.05, 0.1) is 27.5 Å². The fourth-order valence-electron chi connectivity index (χ4n) is 6.45. The molecule has 0 aliphatic rings. The predicted molar refractivity (Wildman–Crippen MR) is 203 cm³/mol. The topological polar surface area (TPSA) is 56.7 Å². The van der Waals surface area contributed by atoms with E-state index in [2.05, 4.69) is 0 Å². The number of hydrogen-bond donors (Lipinski definition) is 0. The molecule has 0 bridgehead atoms. The Bertz CT molecular complexity index is 3520. The summed E-state index contributed by atoms with van der Waals surface area (Å²) in [7, 11) is 0. The van der Waals surface area contributed by atoms with Gasteiger partial charge in [0, 0.05) is 43.9 Å². The van der Waals surface area contributed by atoms with Gasteiger partial charge in [0.2, 0.25) is 0 Å². The van der Waals surface area contributed by atoms with Gasteiger partial charge in [-0.15, -0.1) is 0 Å². The van der Waals surface area contributed by atoms with E-state index < -0.39 is 78.2 Å². The molecule has 0 aliphatic carbocycles. The lowest BCUT2D eigenvalue weighted by atomic mass is 10.0. The molecule has 0 N–H and O–H groups in total. The van der Waals surface area contributed by atoms with Crippen LogP contribution in [0, 0.1) is 0 Å². The van der Waals surface area contributed by atoms with Gasteiger partial charge in [0.1, 0.15) is 11.2 Å². The molecule has 3 aromatic heterocycles. The highest BCUT2D eigenvalue weighted by atomic mass is 16.3. The number of rotatable bonds is 5. The molecular formula is C45H28N4O. The van der Waals surface area contributed by atoms with Crippen molar-refractivity contribution >= 4 is 43.7 Å². The highest BCUT2D eigenvalue weighted by molar-refractivity contribution is 6.14. The third-order valence-corrected chi connectivity index (χ3v) is 8.68. The van der Waals surface area contributed by atoms with E-state index in [0.717, 1.165) is 21.1 Å². The molecule has 5 heteroatoms. The van der Waals surface area contributed by atoms with E-state index in [-0.39, 0.29) is 44.8 Å². The summed E-state index contributed by atoms with van der Waals surface area (Å²) in [4.78, 5) is 14.8. The second kappa shape index (κ2) is 11.4.